The van der Waals surface area contributed by atoms with Gasteiger partial charge in [0, 0.05) is 10.5 Å². The lowest BCUT2D eigenvalue weighted by molar-refractivity contribution is 0.427. The molecule has 0 radical (unpaired) electrons. The van der Waals surface area contributed by atoms with E-state index in [0.717, 1.165) is 30.4 Å². The van der Waals surface area contributed by atoms with Crippen LogP contribution in [-0.2, 0) is 10.0 Å². The van der Waals surface area contributed by atoms with Crippen LogP contribution < -0.4 is 10.0 Å². The molecule has 1 aromatic rings. The van der Waals surface area contributed by atoms with Crippen LogP contribution in [-0.4, -0.2) is 27.5 Å². The van der Waals surface area contributed by atoms with Gasteiger partial charge >= 0.3 is 0 Å². The van der Waals surface area contributed by atoms with Gasteiger partial charge < -0.3 is 5.32 Å². The molecule has 1 aliphatic heterocycles. The van der Waals surface area contributed by atoms with Crippen molar-refractivity contribution in [3.05, 3.63) is 28.7 Å². The molecule has 0 spiro atoms. The fourth-order valence-corrected chi connectivity index (χ4v) is 3.41. The molecule has 1 aromatic carbocycles. The predicted octanol–water partition coefficient (Wildman–Crippen LogP) is 1.48. The molecule has 0 aromatic heterocycles. The molecule has 0 saturated carbocycles. The zero-order valence-corrected chi connectivity index (χ0v) is 11.7. The topological polar surface area (TPSA) is 58.2 Å². The highest BCUT2D eigenvalue weighted by Crippen LogP contribution is 2.16. The minimum Gasteiger partial charge on any atom is -0.317 e. The first-order chi connectivity index (χ1) is 8.08. The molecule has 94 valence electrons. The number of nitrogens with one attached hydrogen (secondary N) is 2. The lowest BCUT2D eigenvalue weighted by atomic mass is 10.1. The van der Waals surface area contributed by atoms with Crippen LogP contribution in [0, 0.1) is 0 Å². The summed E-state index contributed by atoms with van der Waals surface area (Å²) in [6.45, 7) is 1.74. The first-order valence-electron chi connectivity index (χ1n) is 5.56. The van der Waals surface area contributed by atoms with Crippen LogP contribution in [0.25, 0.3) is 0 Å². The van der Waals surface area contributed by atoms with Gasteiger partial charge in [0.25, 0.3) is 0 Å². The van der Waals surface area contributed by atoms with Crippen LogP contribution in [0.4, 0.5) is 0 Å². The van der Waals surface area contributed by atoms with E-state index in [1.165, 1.54) is 0 Å². The smallest absolute Gasteiger partial charge is 0.240 e. The zero-order valence-electron chi connectivity index (χ0n) is 9.32. The van der Waals surface area contributed by atoms with E-state index in [1.54, 1.807) is 24.3 Å². The van der Waals surface area contributed by atoms with Gasteiger partial charge in [0.15, 0.2) is 0 Å². The van der Waals surface area contributed by atoms with Gasteiger partial charge in [-0.1, -0.05) is 15.9 Å². The van der Waals surface area contributed by atoms with Crippen molar-refractivity contribution in [2.75, 3.05) is 13.1 Å². The van der Waals surface area contributed by atoms with E-state index in [2.05, 4.69) is 26.0 Å². The highest BCUT2D eigenvalue weighted by Gasteiger charge is 2.21. The van der Waals surface area contributed by atoms with E-state index >= 15 is 0 Å². The SMILES string of the molecule is O=S(=O)(NC1CCNCC1)c1ccc(Br)cc1. The summed E-state index contributed by atoms with van der Waals surface area (Å²) in [6.07, 6.45) is 1.69. The molecular formula is C11H15BrN2O2S. The fourth-order valence-electron chi connectivity index (χ4n) is 1.84. The van der Waals surface area contributed by atoms with Crippen molar-refractivity contribution in [1.29, 1.82) is 0 Å². The molecule has 0 amide bonds. The predicted molar refractivity (Wildman–Crippen MR) is 70.4 cm³/mol. The van der Waals surface area contributed by atoms with E-state index in [-0.39, 0.29) is 6.04 Å². The van der Waals surface area contributed by atoms with Crippen LogP contribution in [0.15, 0.2) is 33.6 Å². The van der Waals surface area contributed by atoms with Crippen molar-refractivity contribution in [2.45, 2.75) is 23.8 Å². The molecule has 0 bridgehead atoms. The minimum atomic E-state index is -3.38. The lowest BCUT2D eigenvalue weighted by Crippen LogP contribution is -2.42. The van der Waals surface area contributed by atoms with Crippen LogP contribution in [0.3, 0.4) is 0 Å². The summed E-state index contributed by atoms with van der Waals surface area (Å²) in [4.78, 5) is 0.319. The molecule has 0 aliphatic carbocycles. The molecule has 6 heteroatoms. The lowest BCUT2D eigenvalue weighted by Gasteiger charge is -2.23. The summed E-state index contributed by atoms with van der Waals surface area (Å²) in [7, 11) is -3.38. The van der Waals surface area contributed by atoms with Gasteiger partial charge in [-0.2, -0.15) is 0 Å². The number of benzene rings is 1. The maximum absolute atomic E-state index is 12.1. The van der Waals surface area contributed by atoms with Gasteiger partial charge in [-0.25, -0.2) is 13.1 Å². The first-order valence-corrected chi connectivity index (χ1v) is 7.84. The first kappa shape index (κ1) is 13.0. The molecular weight excluding hydrogens is 304 g/mol. The molecule has 0 unspecified atom stereocenters. The number of hydrogen-bond acceptors (Lipinski definition) is 3. The van der Waals surface area contributed by atoms with Crippen molar-refractivity contribution in [3.8, 4) is 0 Å². The van der Waals surface area contributed by atoms with Crippen molar-refractivity contribution in [3.63, 3.8) is 0 Å². The maximum atomic E-state index is 12.1. The van der Waals surface area contributed by atoms with Crippen LogP contribution >= 0.6 is 15.9 Å². The Bertz CT molecular complexity index is 467. The number of halogens is 1. The summed E-state index contributed by atoms with van der Waals surface area (Å²) in [6, 6.07) is 6.72. The van der Waals surface area contributed by atoms with Gasteiger partial charge in [-0.3, -0.25) is 0 Å². The minimum absolute atomic E-state index is 0.0462. The third-order valence-electron chi connectivity index (χ3n) is 2.78. The molecule has 17 heavy (non-hydrogen) atoms. The Morgan fingerprint density at radius 2 is 1.76 bits per heavy atom. The Morgan fingerprint density at radius 1 is 1.18 bits per heavy atom. The van der Waals surface area contributed by atoms with Crippen LogP contribution in [0.2, 0.25) is 0 Å². The molecule has 1 fully saturated rings. The zero-order chi connectivity index (χ0) is 12.3. The summed E-state index contributed by atoms with van der Waals surface area (Å²) in [5.41, 5.74) is 0. The number of hydrogen-bond donors (Lipinski definition) is 2. The van der Waals surface area contributed by atoms with Crippen LogP contribution in [0.5, 0.6) is 0 Å². The van der Waals surface area contributed by atoms with E-state index in [4.69, 9.17) is 0 Å². The van der Waals surface area contributed by atoms with Crippen molar-refractivity contribution >= 4 is 26.0 Å². The molecule has 2 N–H and O–H groups in total. The molecule has 0 atom stereocenters. The highest BCUT2D eigenvalue weighted by atomic mass is 79.9. The highest BCUT2D eigenvalue weighted by molar-refractivity contribution is 9.10. The maximum Gasteiger partial charge on any atom is 0.240 e. The monoisotopic (exact) mass is 318 g/mol. The average Bonchev–Trinajstić information content (AvgIpc) is 2.30. The summed E-state index contributed by atoms with van der Waals surface area (Å²) in [5.74, 6) is 0. The Hall–Kier alpha value is -0.430. The fraction of sp³-hybridized carbons (Fsp3) is 0.455. The standard InChI is InChI=1S/C11H15BrN2O2S/c12-9-1-3-11(4-2-9)17(15,16)14-10-5-7-13-8-6-10/h1-4,10,13-14H,5-8H2. The second kappa shape index (κ2) is 5.48. The second-order valence-electron chi connectivity index (χ2n) is 4.10. The molecule has 1 saturated heterocycles. The Labute approximate surface area is 110 Å². The molecule has 2 rings (SSSR count). The quantitative estimate of drug-likeness (QED) is 0.887. The van der Waals surface area contributed by atoms with E-state index < -0.39 is 10.0 Å². The normalized spacial score (nSPS) is 18.2. The van der Waals surface area contributed by atoms with E-state index in [0.29, 0.717) is 4.90 Å². The number of sulfonamides is 1. The van der Waals surface area contributed by atoms with Gasteiger partial charge in [-0.15, -0.1) is 0 Å². The molecule has 1 heterocycles. The number of rotatable bonds is 3. The van der Waals surface area contributed by atoms with E-state index in [1.807, 2.05) is 0 Å². The molecule has 1 aliphatic rings. The van der Waals surface area contributed by atoms with Gasteiger partial charge in [-0.05, 0) is 50.2 Å². The molecule has 4 nitrogen and oxygen atoms in total. The van der Waals surface area contributed by atoms with Gasteiger partial charge in [0.05, 0.1) is 4.90 Å². The Morgan fingerprint density at radius 3 is 2.35 bits per heavy atom. The second-order valence-corrected chi connectivity index (χ2v) is 6.73. The third kappa shape index (κ3) is 3.51. The van der Waals surface area contributed by atoms with Gasteiger partial charge in [0.2, 0.25) is 10.0 Å². The number of piperidine rings is 1. The summed E-state index contributed by atoms with van der Waals surface area (Å²) < 4.78 is 27.8. The van der Waals surface area contributed by atoms with Crippen molar-refractivity contribution < 1.29 is 8.42 Å². The van der Waals surface area contributed by atoms with E-state index in [9.17, 15) is 8.42 Å². The largest absolute Gasteiger partial charge is 0.317 e. The van der Waals surface area contributed by atoms with Crippen LogP contribution in [0.1, 0.15) is 12.8 Å². The summed E-state index contributed by atoms with van der Waals surface area (Å²) in [5, 5.41) is 3.21. The third-order valence-corrected chi connectivity index (χ3v) is 4.85. The summed E-state index contributed by atoms with van der Waals surface area (Å²) >= 11 is 3.29. The van der Waals surface area contributed by atoms with Crippen molar-refractivity contribution in [2.24, 2.45) is 0 Å². The average molecular weight is 319 g/mol. The van der Waals surface area contributed by atoms with Crippen molar-refractivity contribution in [1.82, 2.24) is 10.0 Å². The Kier molecular flexibility index (Phi) is 4.19. The van der Waals surface area contributed by atoms with Gasteiger partial charge in [0.1, 0.15) is 0 Å². The Balaban J connectivity index is 2.10.